The van der Waals surface area contributed by atoms with Crippen molar-refractivity contribution in [1.29, 1.82) is 0 Å². The van der Waals surface area contributed by atoms with Gasteiger partial charge in [-0.1, -0.05) is 40.5 Å². The maximum absolute atomic E-state index is 11.8. The molecule has 3 rings (SSSR count). The Morgan fingerprint density at radius 3 is 2.52 bits per heavy atom. The van der Waals surface area contributed by atoms with E-state index in [-0.39, 0.29) is 20.5 Å². The summed E-state index contributed by atoms with van der Waals surface area (Å²) in [5.41, 5.74) is 1.00. The fraction of sp³-hybridized carbons (Fsp3) is 0.333. The molecule has 1 aliphatic rings. The lowest BCUT2D eigenvalue weighted by Crippen LogP contribution is -2.33. The smallest absolute Gasteiger partial charge is 0.332 e. The van der Waals surface area contributed by atoms with Crippen LogP contribution in [0.3, 0.4) is 0 Å². The zero-order valence-corrected chi connectivity index (χ0v) is 16.1. The molecule has 0 unspecified atom stereocenters. The average molecular weight is 447 g/mol. The molecule has 1 fully saturated rings. The van der Waals surface area contributed by atoms with Gasteiger partial charge in [-0.3, -0.25) is 10.1 Å². The number of para-hydroxylation sites is 1. The summed E-state index contributed by atoms with van der Waals surface area (Å²) in [5, 5.41) is 19.9. The van der Waals surface area contributed by atoms with Crippen LogP contribution in [0.15, 0.2) is 38.9 Å². The molecule has 25 heavy (non-hydrogen) atoms. The molecule has 0 amide bonds. The lowest BCUT2D eigenvalue weighted by atomic mass is 10.1. The number of piperidine rings is 1. The van der Waals surface area contributed by atoms with Gasteiger partial charge in [0.25, 0.3) is 0 Å². The summed E-state index contributed by atoms with van der Waals surface area (Å²) in [4.78, 5) is 13.2. The van der Waals surface area contributed by atoms with Crippen molar-refractivity contribution in [2.24, 2.45) is 0 Å². The minimum Gasteiger partial charge on any atom is -0.351 e. The van der Waals surface area contributed by atoms with Crippen molar-refractivity contribution in [2.75, 3.05) is 13.1 Å². The fourth-order valence-corrected chi connectivity index (χ4v) is 3.30. The van der Waals surface area contributed by atoms with Gasteiger partial charge in [-0.2, -0.15) is 4.68 Å². The Morgan fingerprint density at radius 1 is 1.20 bits per heavy atom. The van der Waals surface area contributed by atoms with Gasteiger partial charge in [0.05, 0.1) is 10.4 Å². The third kappa shape index (κ3) is 3.65. The van der Waals surface area contributed by atoms with Gasteiger partial charge in [-0.05, 0) is 47.3 Å². The normalized spacial score (nSPS) is 17.3. The number of nitro groups is 1. The van der Waals surface area contributed by atoms with Crippen molar-refractivity contribution in [1.82, 2.24) is 19.9 Å². The van der Waals surface area contributed by atoms with E-state index in [0.29, 0.717) is 24.1 Å². The van der Waals surface area contributed by atoms with Crippen molar-refractivity contribution >= 4 is 56.0 Å². The quantitative estimate of drug-likeness (QED) is 0.396. The van der Waals surface area contributed by atoms with Crippen molar-refractivity contribution in [2.45, 2.75) is 19.3 Å². The predicted molar refractivity (Wildman–Crippen MR) is 101 cm³/mol. The van der Waals surface area contributed by atoms with E-state index in [1.54, 1.807) is 6.07 Å². The number of likely N-dealkylation sites (tertiary alicyclic amines) is 1. The number of benzene rings is 1. The van der Waals surface area contributed by atoms with Crippen LogP contribution in [0.4, 0.5) is 0 Å². The fourth-order valence-electron chi connectivity index (χ4n) is 2.86. The molecule has 0 aliphatic carbocycles. The predicted octanol–water partition coefficient (Wildman–Crippen LogP) is 4.36. The molecule has 132 valence electrons. The Balaban J connectivity index is 2.30. The molecule has 0 saturated carbocycles. The highest BCUT2D eigenvalue weighted by Gasteiger charge is 2.32. The second-order valence-corrected chi connectivity index (χ2v) is 7.55. The van der Waals surface area contributed by atoms with E-state index >= 15 is 0 Å². The zero-order chi connectivity index (χ0) is 18.0. The van der Waals surface area contributed by atoms with E-state index < -0.39 is 4.92 Å². The standard InChI is InChI=1S/C15H14BrCl2N5O2/c16-14(18)12(17)13(23(24)25)15(21-8-4-1-5-9-21)22-11-7-3-2-6-10(11)19-20-22/h2-3,6-7H,1,4-5,8-9H2. The molecule has 0 atom stereocenters. The van der Waals surface area contributed by atoms with Crippen LogP contribution >= 0.6 is 39.1 Å². The Kier molecular flexibility index (Phi) is 5.61. The van der Waals surface area contributed by atoms with Crippen LogP contribution in [0.2, 0.25) is 0 Å². The Morgan fingerprint density at radius 2 is 1.88 bits per heavy atom. The number of hydrogen-bond donors (Lipinski definition) is 0. The molecule has 2 heterocycles. The van der Waals surface area contributed by atoms with Crippen LogP contribution in [0.5, 0.6) is 0 Å². The van der Waals surface area contributed by atoms with Crippen LogP contribution in [-0.4, -0.2) is 37.9 Å². The Bertz CT molecular complexity index is 870. The third-order valence-corrected chi connectivity index (χ3v) is 5.25. The molecular formula is C15H14BrCl2N5O2. The van der Waals surface area contributed by atoms with Crippen LogP contribution in [0.25, 0.3) is 16.9 Å². The molecule has 0 N–H and O–H groups in total. The van der Waals surface area contributed by atoms with Crippen LogP contribution < -0.4 is 0 Å². The van der Waals surface area contributed by atoms with E-state index in [2.05, 4.69) is 26.2 Å². The van der Waals surface area contributed by atoms with E-state index in [9.17, 15) is 10.1 Å². The molecule has 7 nitrogen and oxygen atoms in total. The molecule has 0 radical (unpaired) electrons. The van der Waals surface area contributed by atoms with Gasteiger partial charge >= 0.3 is 5.70 Å². The van der Waals surface area contributed by atoms with Gasteiger partial charge in [0.15, 0.2) is 0 Å². The van der Waals surface area contributed by atoms with Crippen molar-refractivity contribution in [3.8, 4) is 0 Å². The number of rotatable bonds is 4. The summed E-state index contributed by atoms with van der Waals surface area (Å²) in [6, 6.07) is 7.27. The molecular weight excluding hydrogens is 433 g/mol. The highest BCUT2D eigenvalue weighted by molar-refractivity contribution is 9.12. The number of hydrogen-bond acceptors (Lipinski definition) is 5. The molecule has 2 aromatic rings. The highest BCUT2D eigenvalue weighted by Crippen LogP contribution is 2.33. The van der Waals surface area contributed by atoms with Gasteiger partial charge in [0, 0.05) is 13.1 Å². The topological polar surface area (TPSA) is 77.1 Å². The molecule has 0 spiro atoms. The average Bonchev–Trinajstić information content (AvgIpc) is 3.03. The lowest BCUT2D eigenvalue weighted by Gasteiger charge is -2.30. The lowest BCUT2D eigenvalue weighted by molar-refractivity contribution is -0.419. The maximum Gasteiger partial charge on any atom is 0.332 e. The molecule has 1 aromatic carbocycles. The van der Waals surface area contributed by atoms with E-state index in [1.807, 2.05) is 23.1 Å². The number of halogens is 3. The van der Waals surface area contributed by atoms with Gasteiger partial charge in [0.1, 0.15) is 14.5 Å². The third-order valence-electron chi connectivity index (χ3n) is 3.98. The van der Waals surface area contributed by atoms with Crippen molar-refractivity contribution < 1.29 is 4.92 Å². The first-order valence-corrected chi connectivity index (χ1v) is 9.21. The van der Waals surface area contributed by atoms with E-state index in [4.69, 9.17) is 23.2 Å². The van der Waals surface area contributed by atoms with Gasteiger partial charge in [-0.25, -0.2) is 0 Å². The molecule has 0 bridgehead atoms. The first-order chi connectivity index (χ1) is 12.0. The second kappa shape index (κ2) is 7.72. The van der Waals surface area contributed by atoms with Crippen LogP contribution in [0, 0.1) is 10.1 Å². The van der Waals surface area contributed by atoms with Gasteiger partial charge in [0.2, 0.25) is 5.82 Å². The summed E-state index contributed by atoms with van der Waals surface area (Å²) in [6.45, 7) is 1.34. The summed E-state index contributed by atoms with van der Waals surface area (Å²) in [7, 11) is 0. The highest BCUT2D eigenvalue weighted by atomic mass is 79.9. The SMILES string of the molecule is O=[N+]([O-])C(C(Cl)=C(Cl)Br)=C(N1CCCCC1)n1nnc2ccccc21. The van der Waals surface area contributed by atoms with Crippen LogP contribution in [0.1, 0.15) is 19.3 Å². The van der Waals surface area contributed by atoms with Crippen LogP contribution in [-0.2, 0) is 0 Å². The summed E-state index contributed by atoms with van der Waals surface area (Å²) in [5.74, 6) is 0.279. The van der Waals surface area contributed by atoms with Crippen molar-refractivity contribution in [3.05, 3.63) is 49.1 Å². The van der Waals surface area contributed by atoms with Gasteiger partial charge in [-0.15, -0.1) is 5.10 Å². The minimum atomic E-state index is -0.535. The summed E-state index contributed by atoms with van der Waals surface area (Å²) >= 11 is 15.1. The number of allylic oxidation sites excluding steroid dienone is 1. The molecule has 1 aromatic heterocycles. The van der Waals surface area contributed by atoms with Crippen molar-refractivity contribution in [3.63, 3.8) is 0 Å². The Labute approximate surface area is 162 Å². The minimum absolute atomic E-state index is 0.0280. The maximum atomic E-state index is 11.8. The Hall–Kier alpha value is -1.64. The molecule has 1 saturated heterocycles. The second-order valence-electron chi connectivity index (χ2n) is 5.54. The zero-order valence-electron chi connectivity index (χ0n) is 13.0. The molecule has 1 aliphatic heterocycles. The monoisotopic (exact) mass is 445 g/mol. The first-order valence-electron chi connectivity index (χ1n) is 7.66. The number of aromatic nitrogens is 3. The van der Waals surface area contributed by atoms with E-state index in [0.717, 1.165) is 19.3 Å². The summed E-state index contributed by atoms with van der Waals surface area (Å²) < 4.78 is 1.44. The summed E-state index contributed by atoms with van der Waals surface area (Å²) in [6.07, 6.45) is 2.95. The van der Waals surface area contributed by atoms with E-state index in [1.165, 1.54) is 4.68 Å². The van der Waals surface area contributed by atoms with Gasteiger partial charge < -0.3 is 4.90 Å². The number of fused-ring (bicyclic) bond motifs is 1. The number of nitrogens with zero attached hydrogens (tertiary/aromatic N) is 5. The largest absolute Gasteiger partial charge is 0.351 e. The first kappa shape index (κ1) is 18.2. The molecule has 10 heteroatoms.